The highest BCUT2D eigenvalue weighted by Gasteiger charge is 2.28. The lowest BCUT2D eigenvalue weighted by atomic mass is 9.78. The zero-order valence-electron chi connectivity index (χ0n) is 17.6. The zero-order valence-corrected chi connectivity index (χ0v) is 18.6. The number of pyridine rings is 1. The number of nitrogens with zero attached hydrogens (tertiary/aromatic N) is 1. The molecule has 0 amide bonds. The molecule has 0 aliphatic rings. The molecule has 0 radical (unpaired) electrons. The first kappa shape index (κ1) is 18.8. The Morgan fingerprint density at radius 3 is 2.15 bits per heavy atom. The van der Waals surface area contributed by atoms with Crippen molar-refractivity contribution in [1.82, 2.24) is 0 Å². The first-order chi connectivity index (χ1) is 12.0. The van der Waals surface area contributed by atoms with E-state index in [0.29, 0.717) is 0 Å². The van der Waals surface area contributed by atoms with Crippen LogP contribution < -0.4 is 9.75 Å². The smallest absolute Gasteiger partial charge is 0.201 e. The quantitative estimate of drug-likeness (QED) is 0.420. The maximum atomic E-state index is 2.41. The Balaban J connectivity index is 2.37. The number of rotatable bonds is 2. The van der Waals surface area contributed by atoms with Gasteiger partial charge in [0.1, 0.15) is 7.05 Å². The van der Waals surface area contributed by atoms with Crippen LogP contribution in [-0.2, 0) is 12.5 Å². The van der Waals surface area contributed by atoms with Gasteiger partial charge in [-0.25, -0.2) is 4.57 Å². The van der Waals surface area contributed by atoms with Crippen molar-refractivity contribution in [3.8, 4) is 11.3 Å². The second-order valence-electron chi connectivity index (χ2n) is 9.58. The van der Waals surface area contributed by atoms with Crippen LogP contribution in [0.3, 0.4) is 0 Å². The van der Waals surface area contributed by atoms with Gasteiger partial charge in [-0.3, -0.25) is 0 Å². The fourth-order valence-electron chi connectivity index (χ4n) is 3.91. The molecule has 1 nitrogen and oxygen atoms in total. The summed E-state index contributed by atoms with van der Waals surface area (Å²) in [7, 11) is 0.878. The van der Waals surface area contributed by atoms with Crippen molar-refractivity contribution in [3.63, 3.8) is 0 Å². The molecule has 0 N–H and O–H groups in total. The maximum absolute atomic E-state index is 2.41. The fourth-order valence-corrected chi connectivity index (χ4v) is 5.07. The summed E-state index contributed by atoms with van der Waals surface area (Å²) in [6, 6.07) is 15.8. The minimum atomic E-state index is -1.32. The van der Waals surface area contributed by atoms with E-state index in [1.54, 1.807) is 0 Å². The minimum Gasteiger partial charge on any atom is -0.201 e. The highest BCUT2D eigenvalue weighted by molar-refractivity contribution is 6.88. The maximum Gasteiger partial charge on any atom is 0.212 e. The molecule has 0 fully saturated rings. The van der Waals surface area contributed by atoms with E-state index in [-0.39, 0.29) is 5.41 Å². The predicted octanol–water partition coefficient (Wildman–Crippen LogP) is 5.48. The number of aryl methyl sites for hydroxylation is 2. The summed E-state index contributed by atoms with van der Waals surface area (Å²) in [5, 5.41) is 4.20. The van der Waals surface area contributed by atoms with E-state index in [9.17, 15) is 0 Å². The highest BCUT2D eigenvalue weighted by Crippen LogP contribution is 2.39. The van der Waals surface area contributed by atoms with Crippen molar-refractivity contribution >= 4 is 24.0 Å². The van der Waals surface area contributed by atoms with E-state index in [4.69, 9.17) is 0 Å². The molecule has 0 aliphatic carbocycles. The number of aromatic nitrogens is 1. The zero-order chi connectivity index (χ0) is 19.3. The third kappa shape index (κ3) is 3.35. The average molecular weight is 363 g/mol. The summed E-state index contributed by atoms with van der Waals surface area (Å²) in [6.07, 6.45) is 2.35. The van der Waals surface area contributed by atoms with Crippen molar-refractivity contribution in [2.75, 3.05) is 0 Å². The Hall–Kier alpha value is -1.93. The largest absolute Gasteiger partial charge is 0.212 e. The van der Waals surface area contributed by atoms with Gasteiger partial charge in [0.2, 0.25) is 5.69 Å². The van der Waals surface area contributed by atoms with Crippen LogP contribution in [0.4, 0.5) is 0 Å². The van der Waals surface area contributed by atoms with Gasteiger partial charge in [0.05, 0.1) is 13.6 Å². The van der Waals surface area contributed by atoms with E-state index in [1.807, 2.05) is 0 Å². The normalized spacial score (nSPS) is 12.6. The van der Waals surface area contributed by atoms with Gasteiger partial charge in [0.15, 0.2) is 6.20 Å². The molecule has 26 heavy (non-hydrogen) atoms. The molecule has 0 atom stereocenters. The van der Waals surface area contributed by atoms with Gasteiger partial charge in [0.25, 0.3) is 0 Å². The second-order valence-corrected chi connectivity index (χ2v) is 14.7. The van der Waals surface area contributed by atoms with Gasteiger partial charge in [0, 0.05) is 11.3 Å². The van der Waals surface area contributed by atoms with Crippen LogP contribution in [0.5, 0.6) is 0 Å². The molecule has 136 valence electrons. The first-order valence-electron chi connectivity index (χ1n) is 9.53. The molecular weight excluding hydrogens is 330 g/mol. The van der Waals surface area contributed by atoms with Crippen LogP contribution in [0, 0.1) is 6.92 Å². The lowest BCUT2D eigenvalue weighted by Gasteiger charge is -2.26. The third-order valence-electron chi connectivity index (χ3n) is 5.25. The van der Waals surface area contributed by atoms with Crippen LogP contribution >= 0.6 is 0 Å². The summed E-state index contributed by atoms with van der Waals surface area (Å²) < 4.78 is 2.33. The topological polar surface area (TPSA) is 3.88 Å². The Morgan fingerprint density at radius 1 is 0.923 bits per heavy atom. The molecule has 3 rings (SSSR count). The summed E-state index contributed by atoms with van der Waals surface area (Å²) in [6.45, 7) is 16.5. The van der Waals surface area contributed by atoms with Crippen LogP contribution in [0.1, 0.15) is 31.9 Å². The van der Waals surface area contributed by atoms with Gasteiger partial charge in [-0.1, -0.05) is 76.8 Å². The van der Waals surface area contributed by atoms with Gasteiger partial charge in [-0.05, 0) is 34.2 Å². The number of hydrogen-bond donors (Lipinski definition) is 0. The Labute approximate surface area is 159 Å². The van der Waals surface area contributed by atoms with E-state index in [1.165, 1.54) is 38.3 Å². The van der Waals surface area contributed by atoms with Crippen LogP contribution in [0.25, 0.3) is 22.0 Å². The third-order valence-corrected chi connectivity index (χ3v) is 7.28. The molecule has 2 aromatic carbocycles. The van der Waals surface area contributed by atoms with Crippen LogP contribution in [-0.4, -0.2) is 8.07 Å². The standard InChI is InChI=1S/C24H32NSi/c1-17-15-18-11-9-10-12-20(18)23(24(2,3)4)22(17)21-14-13-19(16-25(21)5)26(6,7)8/h9-16H,1-8H3/q+1. The van der Waals surface area contributed by atoms with Crippen LogP contribution in [0.15, 0.2) is 48.7 Å². The molecule has 0 saturated heterocycles. The molecular formula is C24H32NSi+. The van der Waals surface area contributed by atoms with Crippen molar-refractivity contribution in [2.24, 2.45) is 7.05 Å². The molecule has 0 spiro atoms. The van der Waals surface area contributed by atoms with Crippen molar-refractivity contribution in [2.45, 2.75) is 52.8 Å². The molecule has 0 aliphatic heterocycles. The van der Waals surface area contributed by atoms with Gasteiger partial charge >= 0.3 is 0 Å². The second kappa shape index (κ2) is 6.35. The Bertz CT molecular complexity index is 972. The van der Waals surface area contributed by atoms with Crippen LogP contribution in [0.2, 0.25) is 19.6 Å². The average Bonchev–Trinajstić information content (AvgIpc) is 2.52. The molecule has 2 heteroatoms. The molecule has 0 unspecified atom stereocenters. The summed E-state index contributed by atoms with van der Waals surface area (Å²) in [5.74, 6) is 0. The Morgan fingerprint density at radius 2 is 1.58 bits per heavy atom. The lowest BCUT2D eigenvalue weighted by molar-refractivity contribution is -0.659. The van der Waals surface area contributed by atoms with E-state index in [0.717, 1.165) is 0 Å². The molecule has 3 aromatic rings. The summed E-state index contributed by atoms with van der Waals surface area (Å²) >= 11 is 0. The summed E-state index contributed by atoms with van der Waals surface area (Å²) in [4.78, 5) is 0. The molecule has 1 aromatic heterocycles. The molecule has 1 heterocycles. The van der Waals surface area contributed by atoms with E-state index < -0.39 is 8.07 Å². The number of hydrogen-bond acceptors (Lipinski definition) is 0. The van der Waals surface area contributed by atoms with Gasteiger partial charge < -0.3 is 0 Å². The molecule has 0 saturated carbocycles. The van der Waals surface area contributed by atoms with Crippen molar-refractivity contribution in [1.29, 1.82) is 0 Å². The van der Waals surface area contributed by atoms with Gasteiger partial charge in [-0.2, -0.15) is 0 Å². The lowest BCUT2D eigenvalue weighted by Crippen LogP contribution is -2.45. The Kier molecular flexibility index (Phi) is 4.60. The molecule has 0 bridgehead atoms. The highest BCUT2D eigenvalue weighted by atomic mass is 28.3. The van der Waals surface area contributed by atoms with Gasteiger partial charge in [-0.15, -0.1) is 0 Å². The summed E-state index contributed by atoms with van der Waals surface area (Å²) in [5.41, 5.74) is 5.57. The first-order valence-corrected chi connectivity index (χ1v) is 13.0. The fraction of sp³-hybridized carbons (Fsp3) is 0.375. The van der Waals surface area contributed by atoms with Crippen molar-refractivity contribution < 1.29 is 4.57 Å². The van der Waals surface area contributed by atoms with Crippen molar-refractivity contribution in [3.05, 3.63) is 59.8 Å². The van der Waals surface area contributed by atoms with E-state index >= 15 is 0 Å². The van der Waals surface area contributed by atoms with E-state index in [2.05, 4.69) is 108 Å². The monoisotopic (exact) mass is 362 g/mol. The minimum absolute atomic E-state index is 0.0748. The number of fused-ring (bicyclic) bond motifs is 1. The predicted molar refractivity (Wildman–Crippen MR) is 117 cm³/mol. The number of benzene rings is 2. The SMILES string of the molecule is Cc1cc2ccccc2c(C(C)(C)C)c1-c1ccc([Si](C)(C)C)c[n+]1C.